The summed E-state index contributed by atoms with van der Waals surface area (Å²) in [5, 5.41) is 3.51. The van der Waals surface area contributed by atoms with Gasteiger partial charge in [0.25, 0.3) is 5.91 Å². The first-order valence-corrected chi connectivity index (χ1v) is 8.04. The van der Waals surface area contributed by atoms with Crippen LogP contribution in [-0.4, -0.2) is 22.4 Å². The van der Waals surface area contributed by atoms with Crippen molar-refractivity contribution in [1.29, 1.82) is 0 Å². The minimum Gasteiger partial charge on any atom is -0.493 e. The van der Waals surface area contributed by atoms with Gasteiger partial charge in [0.15, 0.2) is 11.4 Å². The number of halogens is 1. The zero-order valence-corrected chi connectivity index (χ0v) is 14.5. The SMILES string of the molecule is CCc1nc2c(OC)cccn2c1C(=O)Nc1cc(Cl)ccc1C. The predicted molar refractivity (Wildman–Crippen MR) is 95.3 cm³/mol. The number of pyridine rings is 1. The van der Waals surface area contributed by atoms with Gasteiger partial charge in [-0.05, 0) is 43.2 Å². The number of hydrogen-bond acceptors (Lipinski definition) is 3. The van der Waals surface area contributed by atoms with Crippen molar-refractivity contribution < 1.29 is 9.53 Å². The fraction of sp³-hybridized carbons (Fsp3) is 0.222. The van der Waals surface area contributed by atoms with Crippen LogP contribution in [0.2, 0.25) is 5.02 Å². The van der Waals surface area contributed by atoms with E-state index in [1.165, 1.54) is 0 Å². The topological polar surface area (TPSA) is 55.6 Å². The molecular formula is C18H18ClN3O2. The number of anilines is 1. The summed E-state index contributed by atoms with van der Waals surface area (Å²) in [4.78, 5) is 17.4. The van der Waals surface area contributed by atoms with E-state index in [2.05, 4.69) is 10.3 Å². The quantitative estimate of drug-likeness (QED) is 0.775. The van der Waals surface area contributed by atoms with E-state index in [-0.39, 0.29) is 5.91 Å². The Morgan fingerprint density at radius 2 is 2.17 bits per heavy atom. The van der Waals surface area contributed by atoms with Gasteiger partial charge in [-0.1, -0.05) is 24.6 Å². The number of ether oxygens (including phenoxy) is 1. The van der Waals surface area contributed by atoms with Crippen LogP contribution in [0, 0.1) is 6.92 Å². The molecule has 0 spiro atoms. The lowest BCUT2D eigenvalue weighted by atomic mass is 10.2. The molecule has 0 fully saturated rings. The fourth-order valence-corrected chi connectivity index (χ4v) is 2.82. The van der Waals surface area contributed by atoms with Crippen LogP contribution in [0.4, 0.5) is 5.69 Å². The molecule has 2 aromatic heterocycles. The van der Waals surface area contributed by atoms with Crippen molar-refractivity contribution in [2.75, 3.05) is 12.4 Å². The molecule has 1 amide bonds. The zero-order valence-electron chi connectivity index (χ0n) is 13.8. The second kappa shape index (κ2) is 6.53. The number of benzene rings is 1. The Morgan fingerprint density at radius 3 is 2.88 bits per heavy atom. The third kappa shape index (κ3) is 2.83. The van der Waals surface area contributed by atoms with E-state index in [0.717, 1.165) is 11.3 Å². The van der Waals surface area contributed by atoms with E-state index in [1.807, 2.05) is 38.2 Å². The van der Waals surface area contributed by atoms with Crippen LogP contribution < -0.4 is 10.1 Å². The van der Waals surface area contributed by atoms with Gasteiger partial charge in [-0.3, -0.25) is 9.20 Å². The monoisotopic (exact) mass is 343 g/mol. The number of nitrogens with one attached hydrogen (secondary N) is 1. The molecule has 0 saturated carbocycles. The van der Waals surface area contributed by atoms with E-state index >= 15 is 0 Å². The molecule has 0 aliphatic rings. The molecule has 0 saturated heterocycles. The van der Waals surface area contributed by atoms with Crippen molar-refractivity contribution in [1.82, 2.24) is 9.38 Å². The van der Waals surface area contributed by atoms with Crippen LogP contribution in [0.1, 0.15) is 28.7 Å². The number of methoxy groups -OCH3 is 1. The minimum absolute atomic E-state index is 0.224. The number of nitrogens with zero attached hydrogens (tertiary/aromatic N) is 2. The molecule has 3 aromatic rings. The Morgan fingerprint density at radius 1 is 1.38 bits per heavy atom. The van der Waals surface area contributed by atoms with Crippen LogP contribution in [0.15, 0.2) is 36.5 Å². The number of hydrogen-bond donors (Lipinski definition) is 1. The number of rotatable bonds is 4. The van der Waals surface area contributed by atoms with Crippen molar-refractivity contribution in [2.45, 2.75) is 20.3 Å². The van der Waals surface area contributed by atoms with Crippen LogP contribution in [-0.2, 0) is 6.42 Å². The number of aromatic nitrogens is 2. The second-order valence-electron chi connectivity index (χ2n) is 5.44. The van der Waals surface area contributed by atoms with Crippen LogP contribution in [0.25, 0.3) is 5.65 Å². The van der Waals surface area contributed by atoms with Gasteiger partial charge in [0, 0.05) is 16.9 Å². The van der Waals surface area contributed by atoms with Gasteiger partial charge in [0.1, 0.15) is 5.69 Å². The number of carbonyl (C=O) groups excluding carboxylic acids is 1. The van der Waals surface area contributed by atoms with Crippen LogP contribution in [0.5, 0.6) is 5.75 Å². The molecule has 3 rings (SSSR count). The van der Waals surface area contributed by atoms with Crippen molar-refractivity contribution in [2.24, 2.45) is 0 Å². The Kier molecular flexibility index (Phi) is 4.44. The average molecular weight is 344 g/mol. The van der Waals surface area contributed by atoms with Gasteiger partial charge in [-0.25, -0.2) is 4.98 Å². The molecule has 2 heterocycles. The van der Waals surface area contributed by atoms with Gasteiger partial charge in [-0.15, -0.1) is 0 Å². The zero-order chi connectivity index (χ0) is 17.3. The van der Waals surface area contributed by atoms with Gasteiger partial charge < -0.3 is 10.1 Å². The van der Waals surface area contributed by atoms with Crippen molar-refractivity contribution in [3.63, 3.8) is 0 Å². The second-order valence-corrected chi connectivity index (χ2v) is 5.88. The van der Waals surface area contributed by atoms with E-state index in [4.69, 9.17) is 16.3 Å². The minimum atomic E-state index is -0.224. The lowest BCUT2D eigenvalue weighted by Crippen LogP contribution is -2.17. The highest BCUT2D eigenvalue weighted by Gasteiger charge is 2.20. The molecule has 0 unspecified atom stereocenters. The maximum atomic E-state index is 12.9. The molecule has 0 aliphatic heterocycles. The molecule has 6 heteroatoms. The van der Waals surface area contributed by atoms with Crippen molar-refractivity contribution in [3.05, 3.63) is 58.5 Å². The first kappa shape index (κ1) is 16.3. The number of fused-ring (bicyclic) bond motifs is 1. The normalized spacial score (nSPS) is 10.8. The van der Waals surface area contributed by atoms with Gasteiger partial charge in [-0.2, -0.15) is 0 Å². The Labute approximate surface area is 145 Å². The molecule has 5 nitrogen and oxygen atoms in total. The molecule has 1 N–H and O–H groups in total. The summed E-state index contributed by atoms with van der Waals surface area (Å²) >= 11 is 6.03. The number of imidazole rings is 1. The van der Waals surface area contributed by atoms with Crippen molar-refractivity contribution in [3.8, 4) is 5.75 Å². The molecule has 0 bridgehead atoms. The van der Waals surface area contributed by atoms with Crippen molar-refractivity contribution >= 4 is 28.8 Å². The largest absolute Gasteiger partial charge is 0.493 e. The summed E-state index contributed by atoms with van der Waals surface area (Å²) in [6.07, 6.45) is 2.45. The smallest absolute Gasteiger partial charge is 0.274 e. The highest BCUT2D eigenvalue weighted by Crippen LogP contribution is 2.25. The van der Waals surface area contributed by atoms with Crippen LogP contribution in [0.3, 0.4) is 0 Å². The fourth-order valence-electron chi connectivity index (χ4n) is 2.65. The molecule has 1 aromatic carbocycles. The predicted octanol–water partition coefficient (Wildman–Crippen LogP) is 4.12. The van der Waals surface area contributed by atoms with Crippen LogP contribution >= 0.6 is 11.6 Å². The Balaban J connectivity index is 2.08. The molecule has 0 aliphatic carbocycles. The number of amides is 1. The highest BCUT2D eigenvalue weighted by molar-refractivity contribution is 6.31. The summed E-state index contributed by atoms with van der Waals surface area (Å²) in [6, 6.07) is 9.06. The molecule has 0 radical (unpaired) electrons. The lowest BCUT2D eigenvalue weighted by Gasteiger charge is -2.10. The summed E-state index contributed by atoms with van der Waals surface area (Å²) < 4.78 is 7.10. The maximum absolute atomic E-state index is 12.9. The van der Waals surface area contributed by atoms with E-state index < -0.39 is 0 Å². The standard InChI is InChI=1S/C18H18ClN3O2/c1-4-13-16(22-9-5-6-15(24-3)17(22)20-13)18(23)21-14-10-12(19)8-7-11(14)2/h5-10H,4H2,1-3H3,(H,21,23). The molecule has 24 heavy (non-hydrogen) atoms. The van der Waals surface area contributed by atoms with Gasteiger partial charge in [0.05, 0.1) is 12.8 Å². The maximum Gasteiger partial charge on any atom is 0.274 e. The first-order chi connectivity index (χ1) is 11.5. The molecule has 124 valence electrons. The molecular weight excluding hydrogens is 326 g/mol. The van der Waals surface area contributed by atoms with Gasteiger partial charge >= 0.3 is 0 Å². The summed E-state index contributed by atoms with van der Waals surface area (Å²) in [5.41, 5.74) is 3.48. The van der Waals surface area contributed by atoms with E-state index in [1.54, 1.807) is 23.6 Å². The van der Waals surface area contributed by atoms with Gasteiger partial charge in [0.2, 0.25) is 0 Å². The summed E-state index contributed by atoms with van der Waals surface area (Å²) in [5.74, 6) is 0.406. The lowest BCUT2D eigenvalue weighted by molar-refractivity contribution is 0.102. The number of aryl methyl sites for hydroxylation is 2. The Hall–Kier alpha value is -2.53. The van der Waals surface area contributed by atoms with E-state index in [9.17, 15) is 4.79 Å². The number of carbonyl (C=O) groups is 1. The third-order valence-electron chi connectivity index (χ3n) is 3.90. The highest BCUT2D eigenvalue weighted by atomic mass is 35.5. The summed E-state index contributed by atoms with van der Waals surface area (Å²) in [7, 11) is 1.59. The third-order valence-corrected chi connectivity index (χ3v) is 4.14. The average Bonchev–Trinajstić information content (AvgIpc) is 2.96. The Bertz CT molecular complexity index is 918. The van der Waals surface area contributed by atoms with E-state index in [0.29, 0.717) is 34.2 Å². The summed E-state index contributed by atoms with van der Waals surface area (Å²) in [6.45, 7) is 3.89. The first-order valence-electron chi connectivity index (χ1n) is 7.66. The molecule has 0 atom stereocenters.